The Balaban J connectivity index is 1.48. The Morgan fingerprint density at radius 1 is 1.14 bits per heavy atom. The molecule has 1 aliphatic heterocycles. The Kier molecular flexibility index (Phi) is 7.59. The van der Waals surface area contributed by atoms with Gasteiger partial charge in [-0.3, -0.25) is 9.78 Å². The van der Waals surface area contributed by atoms with Crippen molar-refractivity contribution < 1.29 is 14.3 Å². The third kappa shape index (κ3) is 5.84. The molecule has 1 aliphatic rings. The lowest BCUT2D eigenvalue weighted by Crippen LogP contribution is -2.47. The molecule has 0 spiro atoms. The summed E-state index contributed by atoms with van der Waals surface area (Å²) in [6, 6.07) is 7.79. The Morgan fingerprint density at radius 3 is 2.47 bits per heavy atom. The first-order chi connectivity index (χ1) is 17.2. The van der Waals surface area contributed by atoms with Gasteiger partial charge in [-0.1, -0.05) is 0 Å². The molecule has 0 unspecified atom stereocenters. The maximum Gasteiger partial charge on any atom is 0.410 e. The predicted octanol–water partition coefficient (Wildman–Crippen LogP) is 3.80. The molecule has 0 radical (unpaired) electrons. The number of ether oxygens (including phenoxy) is 2. The molecule has 0 saturated carbocycles. The average Bonchev–Trinajstić information content (AvgIpc) is 2.86. The summed E-state index contributed by atoms with van der Waals surface area (Å²) in [4.78, 5) is 37.9. The monoisotopic (exact) mass is 493 g/mol. The molecule has 3 heterocycles. The minimum absolute atomic E-state index is 0.143. The van der Waals surface area contributed by atoms with Gasteiger partial charge in [-0.25, -0.2) is 9.78 Å². The first kappa shape index (κ1) is 25.6. The Morgan fingerprint density at radius 2 is 1.83 bits per heavy atom. The minimum atomic E-state index is -0.507. The van der Waals surface area contributed by atoms with E-state index < -0.39 is 5.60 Å². The third-order valence-electron chi connectivity index (χ3n) is 6.58. The van der Waals surface area contributed by atoms with Crippen molar-refractivity contribution in [1.82, 2.24) is 24.3 Å². The summed E-state index contributed by atoms with van der Waals surface area (Å²) in [5, 5.41) is 0. The van der Waals surface area contributed by atoms with E-state index in [0.29, 0.717) is 12.3 Å². The minimum Gasteiger partial charge on any atom is -0.497 e. The van der Waals surface area contributed by atoms with Gasteiger partial charge in [0, 0.05) is 63.3 Å². The van der Waals surface area contributed by atoms with Crippen LogP contribution in [0.4, 0.5) is 4.79 Å². The highest BCUT2D eigenvalue weighted by Crippen LogP contribution is 2.31. The van der Waals surface area contributed by atoms with Crippen LogP contribution in [0.15, 0.2) is 47.7 Å². The van der Waals surface area contributed by atoms with Gasteiger partial charge in [-0.2, -0.15) is 0 Å². The second-order valence-electron chi connectivity index (χ2n) is 10.2. The Hall–Kier alpha value is -3.46. The van der Waals surface area contributed by atoms with Crippen molar-refractivity contribution in [2.75, 3.05) is 33.8 Å². The van der Waals surface area contributed by atoms with Gasteiger partial charge >= 0.3 is 6.09 Å². The molecule has 0 N–H and O–H groups in total. The number of hydrogen-bond acceptors (Lipinski definition) is 7. The van der Waals surface area contributed by atoms with E-state index in [0.717, 1.165) is 54.6 Å². The van der Waals surface area contributed by atoms with Gasteiger partial charge in [-0.15, -0.1) is 0 Å². The number of carbonyl (C=O) groups excluding carboxylic acids is 1. The van der Waals surface area contributed by atoms with Crippen molar-refractivity contribution in [2.45, 2.75) is 51.8 Å². The number of methoxy groups -OCH3 is 1. The standard InChI is InChI=1S/C27H35N5O4/c1-27(2,3)36-26(34)30(4)20-8-12-31(13-9-20)14-15-32-23-17-21(35-5)16-22(19-6-10-28-11-7-19)25(23)29-18-24(32)33/h6-7,10-11,16-18,20H,8-9,12-15H2,1-5H3. The maximum absolute atomic E-state index is 12.9. The molecule has 4 rings (SSSR count). The number of nitrogens with zero attached hydrogens (tertiary/aromatic N) is 5. The van der Waals surface area contributed by atoms with Crippen LogP contribution in [0.5, 0.6) is 5.75 Å². The van der Waals surface area contributed by atoms with E-state index in [1.807, 2.05) is 52.1 Å². The second-order valence-corrected chi connectivity index (χ2v) is 10.2. The highest BCUT2D eigenvalue weighted by Gasteiger charge is 2.28. The summed E-state index contributed by atoms with van der Waals surface area (Å²) in [5.41, 5.74) is 2.70. The van der Waals surface area contributed by atoms with E-state index in [2.05, 4.69) is 14.9 Å². The van der Waals surface area contributed by atoms with E-state index in [-0.39, 0.29) is 17.7 Å². The van der Waals surface area contributed by atoms with Crippen molar-refractivity contribution in [3.63, 3.8) is 0 Å². The Bertz CT molecular complexity index is 1260. The van der Waals surface area contributed by atoms with Crippen LogP contribution < -0.4 is 10.3 Å². The van der Waals surface area contributed by atoms with E-state index >= 15 is 0 Å². The fraction of sp³-hybridized carbons (Fsp3) is 0.481. The molecule has 2 aromatic heterocycles. The zero-order chi connectivity index (χ0) is 25.9. The number of aromatic nitrogens is 3. The summed E-state index contributed by atoms with van der Waals surface area (Å²) in [6.07, 6.45) is 6.31. The summed E-state index contributed by atoms with van der Waals surface area (Å²) in [6.45, 7) is 8.59. The van der Waals surface area contributed by atoms with Crippen LogP contribution in [-0.4, -0.2) is 75.9 Å². The summed E-state index contributed by atoms with van der Waals surface area (Å²) in [7, 11) is 3.43. The normalized spacial score (nSPS) is 15.1. The lowest BCUT2D eigenvalue weighted by molar-refractivity contribution is 0.0151. The smallest absolute Gasteiger partial charge is 0.410 e. The van der Waals surface area contributed by atoms with Crippen LogP contribution in [0.25, 0.3) is 22.2 Å². The highest BCUT2D eigenvalue weighted by atomic mass is 16.6. The fourth-order valence-electron chi connectivity index (χ4n) is 4.60. The molecule has 0 atom stereocenters. The number of piperidine rings is 1. The first-order valence-electron chi connectivity index (χ1n) is 12.3. The predicted molar refractivity (Wildman–Crippen MR) is 139 cm³/mol. The number of pyridine rings is 1. The van der Waals surface area contributed by atoms with Crippen molar-refractivity contribution in [3.8, 4) is 16.9 Å². The summed E-state index contributed by atoms with van der Waals surface area (Å²) >= 11 is 0. The van der Waals surface area contributed by atoms with E-state index in [4.69, 9.17) is 9.47 Å². The SMILES string of the molecule is COc1cc(-c2ccncc2)c2ncc(=O)n(CCN3CCC(N(C)C(=O)OC(C)(C)C)CC3)c2c1. The fourth-order valence-corrected chi connectivity index (χ4v) is 4.60. The summed E-state index contributed by atoms with van der Waals surface area (Å²) < 4.78 is 12.8. The molecule has 1 saturated heterocycles. The van der Waals surface area contributed by atoms with Gasteiger partial charge in [0.2, 0.25) is 0 Å². The lowest BCUT2D eigenvalue weighted by atomic mass is 10.0. The molecule has 36 heavy (non-hydrogen) atoms. The summed E-state index contributed by atoms with van der Waals surface area (Å²) in [5.74, 6) is 0.668. The molecule has 9 nitrogen and oxygen atoms in total. The topological polar surface area (TPSA) is 89.8 Å². The molecular formula is C27H35N5O4. The molecular weight excluding hydrogens is 458 g/mol. The molecule has 1 aromatic carbocycles. The van der Waals surface area contributed by atoms with Gasteiger partial charge < -0.3 is 23.8 Å². The number of hydrogen-bond donors (Lipinski definition) is 0. The quantitative estimate of drug-likeness (QED) is 0.516. The van der Waals surface area contributed by atoms with E-state index in [1.165, 1.54) is 6.20 Å². The number of carbonyl (C=O) groups is 1. The van der Waals surface area contributed by atoms with Gasteiger partial charge in [0.05, 0.1) is 24.3 Å². The van der Waals surface area contributed by atoms with Crippen LogP contribution in [0.3, 0.4) is 0 Å². The maximum atomic E-state index is 12.9. The zero-order valence-corrected chi connectivity index (χ0v) is 21.7. The van der Waals surface area contributed by atoms with Crippen molar-refractivity contribution >= 4 is 17.1 Å². The number of amides is 1. The third-order valence-corrected chi connectivity index (χ3v) is 6.58. The van der Waals surface area contributed by atoms with Crippen molar-refractivity contribution in [2.24, 2.45) is 0 Å². The molecule has 1 fully saturated rings. The molecule has 0 bridgehead atoms. The van der Waals surface area contributed by atoms with Crippen LogP contribution >= 0.6 is 0 Å². The molecule has 9 heteroatoms. The van der Waals surface area contributed by atoms with Crippen molar-refractivity contribution in [1.29, 1.82) is 0 Å². The van der Waals surface area contributed by atoms with Gasteiger partial charge in [0.1, 0.15) is 11.4 Å². The van der Waals surface area contributed by atoms with Gasteiger partial charge in [0.25, 0.3) is 5.56 Å². The lowest BCUT2D eigenvalue weighted by Gasteiger charge is -2.37. The van der Waals surface area contributed by atoms with Gasteiger partial charge in [0.15, 0.2) is 0 Å². The van der Waals surface area contributed by atoms with E-state index in [1.54, 1.807) is 29.0 Å². The Labute approximate surface area is 211 Å². The van der Waals surface area contributed by atoms with Crippen LogP contribution in [0.2, 0.25) is 0 Å². The molecule has 1 amide bonds. The molecule has 0 aliphatic carbocycles. The number of rotatable bonds is 6. The highest BCUT2D eigenvalue weighted by molar-refractivity contribution is 5.93. The largest absolute Gasteiger partial charge is 0.497 e. The van der Waals surface area contributed by atoms with Gasteiger partial charge in [-0.05, 0) is 57.4 Å². The number of likely N-dealkylation sites (tertiary alicyclic amines) is 1. The molecule has 3 aromatic rings. The number of benzene rings is 1. The van der Waals surface area contributed by atoms with Crippen LogP contribution in [0, 0.1) is 0 Å². The molecule has 192 valence electrons. The number of fused-ring (bicyclic) bond motifs is 1. The van der Waals surface area contributed by atoms with Crippen LogP contribution in [0.1, 0.15) is 33.6 Å². The first-order valence-corrected chi connectivity index (χ1v) is 12.3. The average molecular weight is 494 g/mol. The second kappa shape index (κ2) is 10.7. The van der Waals surface area contributed by atoms with Crippen LogP contribution in [-0.2, 0) is 11.3 Å². The van der Waals surface area contributed by atoms with Crippen molar-refractivity contribution in [3.05, 3.63) is 53.2 Å². The zero-order valence-electron chi connectivity index (χ0n) is 21.7. The van der Waals surface area contributed by atoms with E-state index in [9.17, 15) is 9.59 Å².